The minimum absolute atomic E-state index is 0.393. The van der Waals surface area contributed by atoms with Gasteiger partial charge in [-0.3, -0.25) is 4.90 Å². The molecule has 3 heteroatoms. The van der Waals surface area contributed by atoms with Crippen LogP contribution in [0.1, 0.15) is 22.3 Å². The van der Waals surface area contributed by atoms with E-state index in [0.29, 0.717) is 0 Å². The van der Waals surface area contributed by atoms with E-state index in [0.717, 1.165) is 49.9 Å². The number of hydrogen-bond acceptors (Lipinski definition) is 3. The van der Waals surface area contributed by atoms with Gasteiger partial charge in [0.2, 0.25) is 0 Å². The lowest BCUT2D eigenvalue weighted by Crippen LogP contribution is -2.25. The maximum absolute atomic E-state index is 6.51. The van der Waals surface area contributed by atoms with Gasteiger partial charge in [0.1, 0.15) is 11.4 Å². The van der Waals surface area contributed by atoms with E-state index in [1.54, 1.807) is 0 Å². The van der Waals surface area contributed by atoms with Crippen LogP contribution in [0.4, 0.5) is 17.2 Å². The number of fused-ring (bicyclic) bond motifs is 15. The van der Waals surface area contributed by atoms with Gasteiger partial charge in [-0.1, -0.05) is 152 Å². The standard InChI is InChI=1S/C52H32N2O/c1-2-12-33(13-3-1)34-22-25-36(26-23-34)54(50-31-44-42-28-24-35-14-4-5-15-38(35)51(42)55-49(44)32-53-50)37-27-29-48-43(30-37)41-18-8-11-21-47(41)52(48)45-19-9-6-16-39(45)40-17-7-10-20-46(40)52/h1-32H. The Morgan fingerprint density at radius 3 is 1.73 bits per heavy atom. The van der Waals surface area contributed by atoms with Crippen LogP contribution in [0.25, 0.3) is 66.1 Å². The summed E-state index contributed by atoms with van der Waals surface area (Å²) in [5.74, 6) is 0.827. The van der Waals surface area contributed by atoms with Crippen LogP contribution in [-0.4, -0.2) is 4.98 Å². The lowest BCUT2D eigenvalue weighted by molar-refractivity contribution is 0.670. The molecule has 0 atom stereocenters. The number of benzene rings is 8. The second-order valence-corrected chi connectivity index (χ2v) is 14.7. The molecule has 55 heavy (non-hydrogen) atoms. The zero-order valence-corrected chi connectivity index (χ0v) is 29.8. The van der Waals surface area contributed by atoms with Gasteiger partial charge in [0.25, 0.3) is 0 Å². The van der Waals surface area contributed by atoms with Crippen LogP contribution in [-0.2, 0) is 5.41 Å². The van der Waals surface area contributed by atoms with Gasteiger partial charge in [-0.2, -0.15) is 0 Å². The Kier molecular flexibility index (Phi) is 6.26. The molecule has 2 heterocycles. The van der Waals surface area contributed by atoms with Crippen molar-refractivity contribution in [3.8, 4) is 33.4 Å². The van der Waals surface area contributed by atoms with Crippen molar-refractivity contribution in [3.63, 3.8) is 0 Å². The normalized spacial score (nSPS) is 13.2. The molecule has 0 N–H and O–H groups in total. The van der Waals surface area contributed by atoms with Crippen LogP contribution < -0.4 is 4.90 Å². The zero-order valence-electron chi connectivity index (χ0n) is 29.8. The van der Waals surface area contributed by atoms with Gasteiger partial charge in [-0.25, -0.2) is 4.98 Å². The minimum Gasteiger partial charge on any atom is -0.454 e. The Hall–Kier alpha value is -7.23. The molecular weight excluding hydrogens is 669 g/mol. The molecule has 0 aliphatic heterocycles. The van der Waals surface area contributed by atoms with Crippen molar-refractivity contribution in [2.45, 2.75) is 5.41 Å². The van der Waals surface area contributed by atoms with Crippen LogP contribution in [0.15, 0.2) is 199 Å². The van der Waals surface area contributed by atoms with Gasteiger partial charge >= 0.3 is 0 Å². The third-order valence-corrected chi connectivity index (χ3v) is 11.9. The van der Waals surface area contributed by atoms with Crippen LogP contribution in [0.2, 0.25) is 0 Å². The fourth-order valence-corrected chi connectivity index (χ4v) is 9.59. The summed E-state index contributed by atoms with van der Waals surface area (Å²) in [7, 11) is 0. The van der Waals surface area contributed by atoms with Gasteiger partial charge in [-0.05, 0) is 97.4 Å². The third-order valence-electron chi connectivity index (χ3n) is 11.9. The highest BCUT2D eigenvalue weighted by atomic mass is 16.3. The fraction of sp³-hybridized carbons (Fsp3) is 0.0192. The highest BCUT2D eigenvalue weighted by molar-refractivity contribution is 6.15. The maximum Gasteiger partial charge on any atom is 0.153 e. The van der Waals surface area contributed by atoms with Gasteiger partial charge in [0.05, 0.1) is 11.6 Å². The van der Waals surface area contributed by atoms with Crippen LogP contribution in [0.3, 0.4) is 0 Å². The molecule has 2 aromatic heterocycles. The van der Waals surface area contributed by atoms with Crippen molar-refractivity contribution < 1.29 is 4.42 Å². The second kappa shape index (κ2) is 11.4. The van der Waals surface area contributed by atoms with E-state index >= 15 is 0 Å². The Morgan fingerprint density at radius 2 is 1.00 bits per heavy atom. The molecule has 0 radical (unpaired) electrons. The number of furan rings is 1. The summed E-state index contributed by atoms with van der Waals surface area (Å²) < 4.78 is 6.51. The fourth-order valence-electron chi connectivity index (χ4n) is 9.59. The van der Waals surface area contributed by atoms with Crippen LogP contribution >= 0.6 is 0 Å². The minimum atomic E-state index is -0.393. The Balaban J connectivity index is 1.09. The second-order valence-electron chi connectivity index (χ2n) is 14.7. The molecule has 1 spiro atoms. The van der Waals surface area contributed by atoms with Gasteiger partial charge in [0.15, 0.2) is 5.58 Å². The monoisotopic (exact) mass is 700 g/mol. The molecule has 3 nitrogen and oxygen atoms in total. The van der Waals surface area contributed by atoms with E-state index in [4.69, 9.17) is 9.40 Å². The highest BCUT2D eigenvalue weighted by Gasteiger charge is 2.51. The first-order valence-corrected chi connectivity index (χ1v) is 18.9. The molecular formula is C52H32N2O. The average Bonchev–Trinajstić information content (AvgIpc) is 3.88. The van der Waals surface area contributed by atoms with Crippen molar-refractivity contribution in [2.75, 3.05) is 4.90 Å². The SMILES string of the molecule is c1ccc(-c2ccc(N(c3ccc4c(c3)-c3ccccc3C43c4ccccc4-c4ccccc43)c3cc4c(cn3)oc3c5ccccc5ccc43)cc2)cc1. The van der Waals surface area contributed by atoms with Crippen molar-refractivity contribution in [1.82, 2.24) is 4.98 Å². The lowest BCUT2D eigenvalue weighted by Gasteiger charge is -2.31. The highest BCUT2D eigenvalue weighted by Crippen LogP contribution is 2.63. The predicted molar refractivity (Wildman–Crippen MR) is 225 cm³/mol. The molecule has 8 aromatic carbocycles. The van der Waals surface area contributed by atoms with Crippen molar-refractivity contribution >= 4 is 49.9 Å². The molecule has 0 saturated heterocycles. The molecule has 0 fully saturated rings. The molecule has 0 bridgehead atoms. The first-order valence-electron chi connectivity index (χ1n) is 18.9. The third kappa shape index (κ3) is 4.18. The summed E-state index contributed by atoms with van der Waals surface area (Å²) in [6.07, 6.45) is 1.88. The summed E-state index contributed by atoms with van der Waals surface area (Å²) >= 11 is 0. The van der Waals surface area contributed by atoms with Crippen LogP contribution in [0, 0.1) is 0 Å². The van der Waals surface area contributed by atoms with E-state index in [1.807, 2.05) is 6.20 Å². The maximum atomic E-state index is 6.51. The molecule has 0 amide bonds. The first-order chi connectivity index (χ1) is 27.3. The molecule has 10 aromatic rings. The number of pyridine rings is 1. The Bertz CT molecular complexity index is 3110. The Morgan fingerprint density at radius 1 is 0.418 bits per heavy atom. The van der Waals surface area contributed by atoms with Crippen molar-refractivity contribution in [1.29, 1.82) is 0 Å². The van der Waals surface area contributed by atoms with Gasteiger partial charge < -0.3 is 4.42 Å². The zero-order chi connectivity index (χ0) is 36.1. The number of aromatic nitrogens is 1. The van der Waals surface area contributed by atoms with Crippen molar-refractivity contribution in [2.24, 2.45) is 0 Å². The molecule has 2 aliphatic carbocycles. The first kappa shape index (κ1) is 30.3. The van der Waals surface area contributed by atoms with E-state index < -0.39 is 5.41 Å². The molecule has 0 saturated carbocycles. The number of nitrogens with zero attached hydrogens (tertiary/aromatic N) is 2. The van der Waals surface area contributed by atoms with E-state index in [9.17, 15) is 0 Å². The van der Waals surface area contributed by atoms with Crippen LogP contribution in [0.5, 0.6) is 0 Å². The van der Waals surface area contributed by atoms with Gasteiger partial charge in [-0.15, -0.1) is 0 Å². The number of anilines is 3. The Labute approximate surface area is 318 Å². The summed E-state index contributed by atoms with van der Waals surface area (Å²) in [4.78, 5) is 7.41. The summed E-state index contributed by atoms with van der Waals surface area (Å²) in [5, 5.41) is 4.39. The summed E-state index contributed by atoms with van der Waals surface area (Å²) in [6.45, 7) is 0. The van der Waals surface area contributed by atoms with Gasteiger partial charge in [0, 0.05) is 27.5 Å². The molecule has 12 rings (SSSR count). The number of rotatable bonds is 4. The largest absolute Gasteiger partial charge is 0.454 e. The summed E-state index contributed by atoms with van der Waals surface area (Å²) in [5.41, 5.74) is 16.2. The van der Waals surface area contributed by atoms with E-state index in [2.05, 4.69) is 193 Å². The molecule has 0 unspecified atom stereocenters. The van der Waals surface area contributed by atoms with E-state index in [1.165, 1.54) is 55.6 Å². The molecule has 256 valence electrons. The average molecular weight is 701 g/mol. The predicted octanol–water partition coefficient (Wildman–Crippen LogP) is 13.6. The smallest absolute Gasteiger partial charge is 0.153 e. The lowest BCUT2D eigenvalue weighted by atomic mass is 9.70. The van der Waals surface area contributed by atoms with E-state index in [-0.39, 0.29) is 0 Å². The molecule has 2 aliphatic rings. The topological polar surface area (TPSA) is 29.3 Å². The van der Waals surface area contributed by atoms with Crippen molar-refractivity contribution in [3.05, 3.63) is 217 Å². The summed E-state index contributed by atoms with van der Waals surface area (Å²) in [6, 6.07) is 68.3. The quantitative estimate of drug-likeness (QED) is 0.183. The number of hydrogen-bond donors (Lipinski definition) is 0.